The molecular formula is C13H16N4OS2. The van der Waals surface area contributed by atoms with Gasteiger partial charge in [-0.3, -0.25) is 5.32 Å². The van der Waals surface area contributed by atoms with Crippen LogP contribution in [0.3, 0.4) is 0 Å². The van der Waals surface area contributed by atoms with Crippen LogP contribution in [0.5, 0.6) is 0 Å². The van der Waals surface area contributed by atoms with Crippen molar-refractivity contribution in [2.45, 2.75) is 25.7 Å². The van der Waals surface area contributed by atoms with Gasteiger partial charge in [0.25, 0.3) is 0 Å². The van der Waals surface area contributed by atoms with Crippen molar-refractivity contribution in [3.05, 3.63) is 27.5 Å². The standard InChI is InChI=1S/C13H16N4OS2/c1-9-15-16-12(20-9)10-4-2-6-17(8-10)13(18)14-11-5-3-7-19-11/h3,5,7,10H,2,4,6,8H2,1H3,(H,14,18)/t10-/m0/s1. The zero-order valence-electron chi connectivity index (χ0n) is 11.2. The SMILES string of the molecule is Cc1nnc([C@H]2CCCN(C(=O)Nc3cccs3)C2)s1. The lowest BCUT2D eigenvalue weighted by Gasteiger charge is -2.31. The first kappa shape index (κ1) is 13.5. The number of carbonyl (C=O) groups excluding carboxylic acids is 1. The van der Waals surface area contributed by atoms with Crippen molar-refractivity contribution in [3.8, 4) is 0 Å². The summed E-state index contributed by atoms with van der Waals surface area (Å²) in [4.78, 5) is 14.1. The molecule has 1 atom stereocenters. The van der Waals surface area contributed by atoms with Crippen molar-refractivity contribution in [3.63, 3.8) is 0 Å². The molecule has 20 heavy (non-hydrogen) atoms. The van der Waals surface area contributed by atoms with Gasteiger partial charge in [0, 0.05) is 19.0 Å². The Balaban J connectivity index is 1.64. The Morgan fingerprint density at radius 3 is 3.10 bits per heavy atom. The maximum Gasteiger partial charge on any atom is 0.322 e. The van der Waals surface area contributed by atoms with Gasteiger partial charge in [0.05, 0.1) is 5.00 Å². The normalized spacial score (nSPS) is 19.1. The number of rotatable bonds is 2. The number of urea groups is 1. The molecule has 2 amide bonds. The number of carbonyl (C=O) groups is 1. The number of amides is 2. The molecular weight excluding hydrogens is 292 g/mol. The molecule has 0 aromatic carbocycles. The summed E-state index contributed by atoms with van der Waals surface area (Å²) in [6, 6.07) is 3.83. The number of anilines is 1. The van der Waals surface area contributed by atoms with Gasteiger partial charge in [0.1, 0.15) is 10.0 Å². The molecule has 1 N–H and O–H groups in total. The monoisotopic (exact) mass is 308 g/mol. The lowest BCUT2D eigenvalue weighted by Crippen LogP contribution is -2.41. The van der Waals surface area contributed by atoms with E-state index in [9.17, 15) is 4.79 Å². The maximum absolute atomic E-state index is 12.2. The van der Waals surface area contributed by atoms with Gasteiger partial charge in [-0.25, -0.2) is 4.79 Å². The molecule has 1 saturated heterocycles. The van der Waals surface area contributed by atoms with E-state index in [4.69, 9.17) is 0 Å². The first-order valence-corrected chi connectivity index (χ1v) is 8.31. The number of aromatic nitrogens is 2. The first-order chi connectivity index (χ1) is 9.72. The van der Waals surface area contributed by atoms with Crippen LogP contribution in [0, 0.1) is 6.92 Å². The van der Waals surface area contributed by atoms with E-state index in [0.717, 1.165) is 40.9 Å². The van der Waals surface area contributed by atoms with Crippen molar-refractivity contribution < 1.29 is 4.79 Å². The summed E-state index contributed by atoms with van der Waals surface area (Å²) < 4.78 is 0. The number of nitrogens with one attached hydrogen (secondary N) is 1. The summed E-state index contributed by atoms with van der Waals surface area (Å²) in [5.41, 5.74) is 0. The fourth-order valence-electron chi connectivity index (χ4n) is 2.37. The highest BCUT2D eigenvalue weighted by Crippen LogP contribution is 2.29. The molecule has 0 unspecified atom stereocenters. The van der Waals surface area contributed by atoms with Gasteiger partial charge in [-0.05, 0) is 37.3 Å². The summed E-state index contributed by atoms with van der Waals surface area (Å²) in [7, 11) is 0. The van der Waals surface area contributed by atoms with Gasteiger partial charge < -0.3 is 4.90 Å². The summed E-state index contributed by atoms with van der Waals surface area (Å²) in [6.07, 6.45) is 2.10. The van der Waals surface area contributed by atoms with Gasteiger partial charge in [-0.2, -0.15) is 0 Å². The lowest BCUT2D eigenvalue weighted by molar-refractivity contribution is 0.192. The minimum absolute atomic E-state index is 0.0154. The molecule has 3 heterocycles. The number of nitrogens with zero attached hydrogens (tertiary/aromatic N) is 3. The minimum atomic E-state index is -0.0154. The quantitative estimate of drug-likeness (QED) is 0.926. The molecule has 1 aliphatic rings. The Morgan fingerprint density at radius 2 is 2.40 bits per heavy atom. The fraction of sp³-hybridized carbons (Fsp3) is 0.462. The molecule has 3 rings (SSSR count). The predicted octanol–water partition coefficient (Wildman–Crippen LogP) is 3.32. The number of likely N-dealkylation sites (tertiary alicyclic amines) is 1. The minimum Gasteiger partial charge on any atom is -0.324 e. The molecule has 0 radical (unpaired) electrons. The molecule has 1 fully saturated rings. The first-order valence-electron chi connectivity index (χ1n) is 6.62. The summed E-state index contributed by atoms with van der Waals surface area (Å²) >= 11 is 3.17. The van der Waals surface area contributed by atoms with Gasteiger partial charge in [-0.15, -0.1) is 32.9 Å². The van der Waals surface area contributed by atoms with E-state index in [0.29, 0.717) is 5.92 Å². The van der Waals surface area contributed by atoms with E-state index in [1.54, 1.807) is 11.3 Å². The van der Waals surface area contributed by atoms with Gasteiger partial charge in [0.2, 0.25) is 0 Å². The third kappa shape index (κ3) is 2.99. The lowest BCUT2D eigenvalue weighted by atomic mass is 9.99. The molecule has 1 aliphatic heterocycles. The van der Waals surface area contributed by atoms with E-state index in [1.165, 1.54) is 11.3 Å². The molecule has 2 aromatic rings. The summed E-state index contributed by atoms with van der Waals surface area (Å²) in [6.45, 7) is 3.50. The van der Waals surface area contributed by atoms with Crippen LogP contribution in [0.25, 0.3) is 0 Å². The summed E-state index contributed by atoms with van der Waals surface area (Å²) in [5, 5.41) is 16.1. The van der Waals surface area contributed by atoms with Crippen molar-refractivity contribution in [1.29, 1.82) is 0 Å². The Labute approximate surface area is 125 Å². The molecule has 0 saturated carbocycles. The third-order valence-corrected chi connectivity index (χ3v) is 5.14. The Morgan fingerprint density at radius 1 is 1.50 bits per heavy atom. The van der Waals surface area contributed by atoms with Crippen LogP contribution in [0.4, 0.5) is 9.80 Å². The predicted molar refractivity (Wildman–Crippen MR) is 81.5 cm³/mol. The van der Waals surface area contributed by atoms with E-state index >= 15 is 0 Å². The Bertz CT molecular complexity index is 581. The molecule has 0 aliphatic carbocycles. The maximum atomic E-state index is 12.2. The number of hydrogen-bond donors (Lipinski definition) is 1. The van der Waals surface area contributed by atoms with Crippen molar-refractivity contribution >= 4 is 33.7 Å². The molecule has 0 bridgehead atoms. The molecule has 0 spiro atoms. The summed E-state index contributed by atoms with van der Waals surface area (Å²) in [5.74, 6) is 0.323. The van der Waals surface area contributed by atoms with Gasteiger partial charge >= 0.3 is 6.03 Å². The smallest absolute Gasteiger partial charge is 0.322 e. The van der Waals surface area contributed by atoms with Crippen LogP contribution < -0.4 is 5.32 Å². The van der Waals surface area contributed by atoms with E-state index in [-0.39, 0.29) is 6.03 Å². The zero-order chi connectivity index (χ0) is 13.9. The highest BCUT2D eigenvalue weighted by Gasteiger charge is 2.27. The number of piperidine rings is 1. The van der Waals surface area contributed by atoms with Crippen LogP contribution in [0.15, 0.2) is 17.5 Å². The highest BCUT2D eigenvalue weighted by atomic mass is 32.1. The average molecular weight is 308 g/mol. The number of thiophene rings is 1. The van der Waals surface area contributed by atoms with Crippen LogP contribution >= 0.6 is 22.7 Å². The van der Waals surface area contributed by atoms with Crippen molar-refractivity contribution in [2.24, 2.45) is 0 Å². The second-order valence-corrected chi connectivity index (χ2v) is 7.01. The topological polar surface area (TPSA) is 58.1 Å². The zero-order valence-corrected chi connectivity index (χ0v) is 12.8. The fourth-order valence-corrected chi connectivity index (χ4v) is 3.81. The largest absolute Gasteiger partial charge is 0.324 e. The third-order valence-electron chi connectivity index (χ3n) is 3.35. The second-order valence-electron chi connectivity index (χ2n) is 4.85. The van der Waals surface area contributed by atoms with Gasteiger partial charge in [0.15, 0.2) is 0 Å². The number of aryl methyl sites for hydroxylation is 1. The molecule has 2 aromatic heterocycles. The number of hydrogen-bond acceptors (Lipinski definition) is 5. The van der Waals surface area contributed by atoms with Crippen molar-refractivity contribution in [2.75, 3.05) is 18.4 Å². The highest BCUT2D eigenvalue weighted by molar-refractivity contribution is 7.14. The van der Waals surface area contributed by atoms with E-state index in [1.807, 2.05) is 29.3 Å². The second kappa shape index (κ2) is 5.88. The molecule has 5 nitrogen and oxygen atoms in total. The van der Waals surface area contributed by atoms with Crippen LogP contribution in [0.2, 0.25) is 0 Å². The molecule has 106 valence electrons. The van der Waals surface area contributed by atoms with E-state index in [2.05, 4.69) is 15.5 Å². The van der Waals surface area contributed by atoms with Crippen LogP contribution in [0.1, 0.15) is 28.8 Å². The Hall–Kier alpha value is -1.47. The average Bonchev–Trinajstić information content (AvgIpc) is 3.10. The Kier molecular flexibility index (Phi) is 3.98. The molecule has 7 heteroatoms. The van der Waals surface area contributed by atoms with Crippen LogP contribution in [-0.4, -0.2) is 34.2 Å². The van der Waals surface area contributed by atoms with Gasteiger partial charge in [-0.1, -0.05) is 0 Å². The van der Waals surface area contributed by atoms with E-state index < -0.39 is 0 Å². The van der Waals surface area contributed by atoms with Crippen LogP contribution in [-0.2, 0) is 0 Å². The van der Waals surface area contributed by atoms with Crippen molar-refractivity contribution in [1.82, 2.24) is 15.1 Å².